The van der Waals surface area contributed by atoms with E-state index >= 15 is 0 Å². The summed E-state index contributed by atoms with van der Waals surface area (Å²) in [6.45, 7) is 8.82. The second-order valence-corrected chi connectivity index (χ2v) is 7.21. The molecule has 21 heavy (non-hydrogen) atoms. The van der Waals surface area contributed by atoms with Crippen molar-refractivity contribution in [3.8, 4) is 0 Å². The van der Waals surface area contributed by atoms with Crippen molar-refractivity contribution in [2.24, 2.45) is 7.05 Å². The van der Waals surface area contributed by atoms with Gasteiger partial charge in [-0.2, -0.15) is 5.10 Å². The molecule has 0 radical (unpaired) electrons. The van der Waals surface area contributed by atoms with E-state index in [-0.39, 0.29) is 11.3 Å². The van der Waals surface area contributed by atoms with Gasteiger partial charge in [0.1, 0.15) is 5.69 Å². The van der Waals surface area contributed by atoms with E-state index in [1.165, 1.54) is 0 Å². The second kappa shape index (κ2) is 5.97. The number of hydrogen-bond acceptors (Lipinski definition) is 4. The minimum Gasteiger partial charge on any atom is -0.350 e. The molecule has 0 aliphatic carbocycles. The highest BCUT2D eigenvalue weighted by Crippen LogP contribution is 2.21. The number of thiazole rings is 1. The number of carbonyl (C=O) groups is 1. The lowest BCUT2D eigenvalue weighted by atomic mass is 9.92. The maximum absolute atomic E-state index is 12.2. The van der Waals surface area contributed by atoms with Crippen molar-refractivity contribution in [3.63, 3.8) is 0 Å². The molecular weight excluding hydrogens is 284 g/mol. The standard InChI is InChI=1S/C15H22N4OS/c1-10-17-11(9-21-10)6-7-16-14(20)12-8-13(15(2,3)4)18-19(12)5/h8-9H,6-7H2,1-5H3,(H,16,20). The smallest absolute Gasteiger partial charge is 0.269 e. The third-order valence-corrected chi connectivity index (χ3v) is 4.04. The molecule has 0 fully saturated rings. The first-order chi connectivity index (χ1) is 9.77. The molecule has 0 atom stereocenters. The van der Waals surface area contributed by atoms with Gasteiger partial charge in [0.05, 0.1) is 16.4 Å². The number of hydrogen-bond donors (Lipinski definition) is 1. The number of nitrogens with zero attached hydrogens (tertiary/aromatic N) is 3. The first-order valence-corrected chi connectivity index (χ1v) is 7.89. The minimum absolute atomic E-state index is 0.0611. The molecule has 2 heterocycles. The van der Waals surface area contributed by atoms with Crippen molar-refractivity contribution >= 4 is 17.2 Å². The summed E-state index contributed by atoms with van der Waals surface area (Å²) in [6.07, 6.45) is 0.750. The van der Waals surface area contributed by atoms with Crippen LogP contribution in [-0.2, 0) is 18.9 Å². The second-order valence-electron chi connectivity index (χ2n) is 6.15. The number of carbonyl (C=O) groups excluding carboxylic acids is 1. The van der Waals surface area contributed by atoms with Gasteiger partial charge in [-0.05, 0) is 13.0 Å². The summed E-state index contributed by atoms with van der Waals surface area (Å²) in [4.78, 5) is 16.6. The molecule has 0 aliphatic heterocycles. The Labute approximate surface area is 129 Å². The Hall–Kier alpha value is -1.69. The van der Waals surface area contributed by atoms with E-state index in [0.29, 0.717) is 12.2 Å². The summed E-state index contributed by atoms with van der Waals surface area (Å²) in [7, 11) is 1.80. The Bertz CT molecular complexity index is 636. The van der Waals surface area contributed by atoms with Crippen molar-refractivity contribution in [2.45, 2.75) is 39.5 Å². The summed E-state index contributed by atoms with van der Waals surface area (Å²) in [5.41, 5.74) is 2.48. The first-order valence-electron chi connectivity index (χ1n) is 7.01. The molecule has 0 spiro atoms. The molecule has 0 aliphatic rings. The van der Waals surface area contributed by atoms with Crippen LogP contribution in [0.2, 0.25) is 0 Å². The zero-order valence-corrected chi connectivity index (χ0v) is 14.0. The number of nitrogens with one attached hydrogen (secondary N) is 1. The van der Waals surface area contributed by atoms with Gasteiger partial charge in [0, 0.05) is 30.8 Å². The van der Waals surface area contributed by atoms with Crippen LogP contribution in [0.5, 0.6) is 0 Å². The quantitative estimate of drug-likeness (QED) is 0.944. The molecule has 0 unspecified atom stereocenters. The number of aryl methyl sites for hydroxylation is 2. The molecule has 0 saturated carbocycles. The predicted molar refractivity (Wildman–Crippen MR) is 84.8 cm³/mol. The van der Waals surface area contributed by atoms with Gasteiger partial charge in [-0.15, -0.1) is 11.3 Å². The van der Waals surface area contributed by atoms with E-state index in [1.54, 1.807) is 23.1 Å². The van der Waals surface area contributed by atoms with E-state index in [2.05, 4.69) is 36.2 Å². The molecule has 6 heteroatoms. The van der Waals surface area contributed by atoms with Crippen LogP contribution in [0.25, 0.3) is 0 Å². The lowest BCUT2D eigenvalue weighted by Crippen LogP contribution is -2.27. The molecule has 114 valence electrons. The van der Waals surface area contributed by atoms with Gasteiger partial charge in [-0.3, -0.25) is 9.48 Å². The van der Waals surface area contributed by atoms with Gasteiger partial charge in [0.15, 0.2) is 0 Å². The van der Waals surface area contributed by atoms with Crippen LogP contribution in [0, 0.1) is 6.92 Å². The Balaban J connectivity index is 1.96. The molecule has 1 N–H and O–H groups in total. The van der Waals surface area contributed by atoms with E-state index in [4.69, 9.17) is 0 Å². The Morgan fingerprint density at radius 3 is 2.67 bits per heavy atom. The monoisotopic (exact) mass is 306 g/mol. The summed E-state index contributed by atoms with van der Waals surface area (Å²) in [5, 5.41) is 10.4. The number of rotatable bonds is 4. The molecule has 2 rings (SSSR count). The average Bonchev–Trinajstić information content (AvgIpc) is 2.95. The zero-order chi connectivity index (χ0) is 15.6. The van der Waals surface area contributed by atoms with Crippen LogP contribution in [-0.4, -0.2) is 27.2 Å². The summed E-state index contributed by atoms with van der Waals surface area (Å²) in [6, 6.07) is 1.86. The van der Waals surface area contributed by atoms with Gasteiger partial charge in [-0.1, -0.05) is 20.8 Å². The van der Waals surface area contributed by atoms with Gasteiger partial charge < -0.3 is 5.32 Å². The minimum atomic E-state index is -0.0903. The third kappa shape index (κ3) is 3.91. The van der Waals surface area contributed by atoms with Crippen molar-refractivity contribution in [1.82, 2.24) is 20.1 Å². The van der Waals surface area contributed by atoms with Crippen LogP contribution < -0.4 is 5.32 Å². The fraction of sp³-hybridized carbons (Fsp3) is 0.533. The van der Waals surface area contributed by atoms with Crippen LogP contribution in [0.4, 0.5) is 0 Å². The van der Waals surface area contributed by atoms with Crippen molar-refractivity contribution in [1.29, 1.82) is 0 Å². The summed E-state index contributed by atoms with van der Waals surface area (Å²) in [5.74, 6) is -0.0903. The van der Waals surface area contributed by atoms with Crippen molar-refractivity contribution in [2.75, 3.05) is 6.54 Å². The number of aromatic nitrogens is 3. The topological polar surface area (TPSA) is 59.8 Å². The predicted octanol–water partition coefficient (Wildman–Crippen LogP) is 2.46. The highest BCUT2D eigenvalue weighted by Gasteiger charge is 2.21. The van der Waals surface area contributed by atoms with Crippen molar-refractivity contribution < 1.29 is 4.79 Å². The fourth-order valence-corrected chi connectivity index (χ4v) is 2.61. The maximum atomic E-state index is 12.2. The van der Waals surface area contributed by atoms with E-state index in [0.717, 1.165) is 22.8 Å². The van der Waals surface area contributed by atoms with E-state index in [9.17, 15) is 4.79 Å². The maximum Gasteiger partial charge on any atom is 0.269 e. The lowest BCUT2D eigenvalue weighted by Gasteiger charge is -2.13. The molecule has 2 aromatic heterocycles. The van der Waals surface area contributed by atoms with Crippen LogP contribution in [0.3, 0.4) is 0 Å². The number of amides is 1. The fourth-order valence-electron chi connectivity index (χ4n) is 1.96. The van der Waals surface area contributed by atoms with Gasteiger partial charge in [0.2, 0.25) is 0 Å². The Kier molecular flexibility index (Phi) is 4.46. The summed E-state index contributed by atoms with van der Waals surface area (Å²) >= 11 is 1.63. The SMILES string of the molecule is Cc1nc(CCNC(=O)c2cc(C(C)(C)C)nn2C)cs1. The molecular formula is C15H22N4OS. The lowest BCUT2D eigenvalue weighted by molar-refractivity contribution is 0.0944. The van der Waals surface area contributed by atoms with Crippen LogP contribution >= 0.6 is 11.3 Å². The molecule has 2 aromatic rings. The zero-order valence-electron chi connectivity index (χ0n) is 13.2. The van der Waals surface area contributed by atoms with Crippen LogP contribution in [0.1, 0.15) is 47.7 Å². The highest BCUT2D eigenvalue weighted by molar-refractivity contribution is 7.09. The molecule has 0 bridgehead atoms. The van der Waals surface area contributed by atoms with E-state index < -0.39 is 0 Å². The van der Waals surface area contributed by atoms with Gasteiger partial charge >= 0.3 is 0 Å². The van der Waals surface area contributed by atoms with Gasteiger partial charge in [0.25, 0.3) is 5.91 Å². The molecule has 0 aromatic carbocycles. The Morgan fingerprint density at radius 2 is 2.14 bits per heavy atom. The third-order valence-electron chi connectivity index (χ3n) is 3.21. The van der Waals surface area contributed by atoms with Gasteiger partial charge in [-0.25, -0.2) is 4.98 Å². The Morgan fingerprint density at radius 1 is 1.43 bits per heavy atom. The van der Waals surface area contributed by atoms with Crippen LogP contribution in [0.15, 0.2) is 11.4 Å². The van der Waals surface area contributed by atoms with E-state index in [1.807, 2.05) is 18.4 Å². The molecule has 0 saturated heterocycles. The molecule has 5 nitrogen and oxygen atoms in total. The summed E-state index contributed by atoms with van der Waals surface area (Å²) < 4.78 is 1.64. The largest absolute Gasteiger partial charge is 0.350 e. The first kappa shape index (κ1) is 15.7. The average molecular weight is 306 g/mol. The highest BCUT2D eigenvalue weighted by atomic mass is 32.1. The molecule has 1 amide bonds. The van der Waals surface area contributed by atoms with Crippen molar-refractivity contribution in [3.05, 3.63) is 33.5 Å². The normalized spacial score (nSPS) is 11.7.